The molecule has 2 aliphatic rings. The second kappa shape index (κ2) is 15.7. The topological polar surface area (TPSA) is 89.8 Å². The van der Waals surface area contributed by atoms with Gasteiger partial charge in [0.25, 0.3) is 0 Å². The molecule has 220 valence electrons. The molecule has 2 aromatic rings. The highest BCUT2D eigenvalue weighted by Gasteiger charge is 2.35. The van der Waals surface area contributed by atoms with Gasteiger partial charge in [0.15, 0.2) is 0 Å². The van der Waals surface area contributed by atoms with Crippen LogP contribution >= 0.6 is 0 Å². The lowest BCUT2D eigenvalue weighted by molar-refractivity contribution is -0.128. The lowest BCUT2D eigenvalue weighted by atomic mass is 9.77. The number of aliphatic hydroxyl groups excluding tert-OH is 3. The van der Waals surface area contributed by atoms with Crippen molar-refractivity contribution in [2.24, 2.45) is 17.8 Å². The number of benzene rings is 2. The van der Waals surface area contributed by atoms with Crippen LogP contribution < -0.4 is 5.32 Å². The largest absolute Gasteiger partial charge is 0.393 e. The zero-order chi connectivity index (χ0) is 28.3. The molecule has 40 heavy (non-hydrogen) atoms. The number of nitrogens with one attached hydrogen (secondary N) is 1. The number of unbranched alkanes of at least 4 members (excludes halogenated alkanes) is 2. The van der Waals surface area contributed by atoms with Gasteiger partial charge in [0.05, 0.1) is 24.4 Å². The van der Waals surface area contributed by atoms with E-state index < -0.39 is 30.3 Å². The average molecular weight is 550 g/mol. The summed E-state index contributed by atoms with van der Waals surface area (Å²) in [5, 5.41) is 36.5. The van der Waals surface area contributed by atoms with Gasteiger partial charge in [0.1, 0.15) is 0 Å². The molecule has 0 bridgehead atoms. The van der Waals surface area contributed by atoms with Crippen LogP contribution in [0.15, 0.2) is 54.6 Å². The van der Waals surface area contributed by atoms with Crippen LogP contribution in [0, 0.1) is 17.8 Å². The Morgan fingerprint density at radius 2 is 1.68 bits per heavy atom. The van der Waals surface area contributed by atoms with Crippen molar-refractivity contribution >= 4 is 5.91 Å². The van der Waals surface area contributed by atoms with E-state index in [0.717, 1.165) is 48.8 Å². The van der Waals surface area contributed by atoms with Crippen molar-refractivity contribution in [3.05, 3.63) is 71.3 Å². The number of carbonyl (C=O) groups is 1. The average Bonchev–Trinajstić information content (AvgIpc) is 3.28. The number of hydrogen-bond acceptors (Lipinski definition) is 4. The molecule has 2 aliphatic carbocycles. The first-order valence-corrected chi connectivity index (χ1v) is 15.9. The summed E-state index contributed by atoms with van der Waals surface area (Å²) in [5.41, 5.74) is 3.11. The zero-order valence-corrected chi connectivity index (χ0v) is 24.4. The first-order valence-electron chi connectivity index (χ1n) is 15.9. The summed E-state index contributed by atoms with van der Waals surface area (Å²) in [6.07, 6.45) is 11.4. The minimum atomic E-state index is -0.664. The molecule has 1 fully saturated rings. The Bertz CT molecular complexity index is 1020. The van der Waals surface area contributed by atoms with E-state index in [2.05, 4.69) is 12.2 Å². The van der Waals surface area contributed by atoms with Gasteiger partial charge in [-0.25, -0.2) is 0 Å². The van der Waals surface area contributed by atoms with Crippen molar-refractivity contribution in [2.75, 3.05) is 0 Å². The Balaban J connectivity index is 1.48. The fourth-order valence-electron chi connectivity index (χ4n) is 7.04. The van der Waals surface area contributed by atoms with Crippen LogP contribution in [-0.2, 0) is 17.6 Å². The Morgan fingerprint density at radius 3 is 2.42 bits per heavy atom. The maximum atomic E-state index is 13.8. The quantitative estimate of drug-likeness (QED) is 0.197. The minimum absolute atomic E-state index is 0.0244. The molecule has 4 rings (SSSR count). The maximum absolute atomic E-state index is 13.8. The third-order valence-corrected chi connectivity index (χ3v) is 9.34. The van der Waals surface area contributed by atoms with Crippen LogP contribution in [0.5, 0.6) is 0 Å². The summed E-state index contributed by atoms with van der Waals surface area (Å²) in [4.78, 5) is 13.8. The molecule has 0 aromatic heterocycles. The molecule has 6 atom stereocenters. The van der Waals surface area contributed by atoms with Crippen molar-refractivity contribution in [3.63, 3.8) is 0 Å². The molecule has 2 aromatic carbocycles. The predicted octanol–water partition coefficient (Wildman–Crippen LogP) is 6.29. The smallest absolute Gasteiger partial charge is 0.224 e. The molecule has 0 heterocycles. The highest BCUT2D eigenvalue weighted by atomic mass is 16.3. The van der Waals surface area contributed by atoms with Gasteiger partial charge in [-0.05, 0) is 60.6 Å². The van der Waals surface area contributed by atoms with Crippen molar-refractivity contribution in [2.45, 2.75) is 121 Å². The molecular weight excluding hydrogens is 498 g/mol. The molecule has 1 unspecified atom stereocenters. The lowest BCUT2D eigenvalue weighted by Crippen LogP contribution is -2.40. The SMILES string of the molecule is CCCCCC(O)C[C@@H](CC1CCCCC1)[C@@H](O)C[C@@H](Cc1ccccc1)C(=O)N[C@H]1c2ccccc2C[C@H]1O. The van der Waals surface area contributed by atoms with Crippen LogP contribution in [0.2, 0.25) is 0 Å². The zero-order valence-electron chi connectivity index (χ0n) is 24.4. The number of carbonyl (C=O) groups excluding carboxylic acids is 1. The van der Waals surface area contributed by atoms with Crippen LogP contribution in [0.3, 0.4) is 0 Å². The number of rotatable bonds is 15. The van der Waals surface area contributed by atoms with Gasteiger partial charge in [-0.1, -0.05) is 113 Å². The Morgan fingerprint density at radius 1 is 0.950 bits per heavy atom. The van der Waals surface area contributed by atoms with Gasteiger partial charge in [0.2, 0.25) is 5.91 Å². The molecule has 4 N–H and O–H groups in total. The predicted molar refractivity (Wildman–Crippen MR) is 161 cm³/mol. The van der Waals surface area contributed by atoms with E-state index in [4.69, 9.17) is 0 Å². The summed E-state index contributed by atoms with van der Waals surface area (Å²) in [5.74, 6) is 0.0124. The normalized spacial score (nSPS) is 22.3. The fraction of sp³-hybridized carbons (Fsp3) is 0.629. The summed E-state index contributed by atoms with van der Waals surface area (Å²) in [6, 6.07) is 17.5. The van der Waals surface area contributed by atoms with E-state index in [1.54, 1.807) is 0 Å². The molecular formula is C35H51NO4. The van der Waals surface area contributed by atoms with Crippen molar-refractivity contribution < 1.29 is 20.1 Å². The summed E-state index contributed by atoms with van der Waals surface area (Å²) in [6.45, 7) is 2.17. The van der Waals surface area contributed by atoms with E-state index in [0.29, 0.717) is 31.6 Å². The van der Waals surface area contributed by atoms with Crippen LogP contribution in [0.25, 0.3) is 0 Å². The Labute approximate surface area is 241 Å². The minimum Gasteiger partial charge on any atom is -0.393 e. The van der Waals surface area contributed by atoms with Crippen molar-refractivity contribution in [1.29, 1.82) is 0 Å². The van der Waals surface area contributed by atoms with Crippen molar-refractivity contribution in [1.82, 2.24) is 5.32 Å². The van der Waals surface area contributed by atoms with Crippen LogP contribution in [0.4, 0.5) is 0 Å². The molecule has 5 heteroatoms. The molecule has 0 radical (unpaired) electrons. The van der Waals surface area contributed by atoms with Gasteiger partial charge < -0.3 is 20.6 Å². The molecule has 5 nitrogen and oxygen atoms in total. The fourth-order valence-corrected chi connectivity index (χ4v) is 7.04. The van der Waals surface area contributed by atoms with E-state index in [1.165, 1.54) is 32.1 Å². The van der Waals surface area contributed by atoms with Gasteiger partial charge in [-0.3, -0.25) is 4.79 Å². The molecule has 0 spiro atoms. The molecule has 1 saturated carbocycles. The summed E-state index contributed by atoms with van der Waals surface area (Å²) < 4.78 is 0. The molecule has 1 amide bonds. The van der Waals surface area contributed by atoms with Gasteiger partial charge in [0, 0.05) is 12.3 Å². The molecule has 0 saturated heterocycles. The van der Waals surface area contributed by atoms with E-state index in [9.17, 15) is 20.1 Å². The number of fused-ring (bicyclic) bond motifs is 1. The van der Waals surface area contributed by atoms with E-state index in [-0.39, 0.29) is 11.8 Å². The maximum Gasteiger partial charge on any atom is 0.224 e. The molecule has 0 aliphatic heterocycles. The van der Waals surface area contributed by atoms with Gasteiger partial charge in [-0.15, -0.1) is 0 Å². The Kier molecular flexibility index (Phi) is 12.1. The van der Waals surface area contributed by atoms with Gasteiger partial charge >= 0.3 is 0 Å². The van der Waals surface area contributed by atoms with Crippen molar-refractivity contribution in [3.8, 4) is 0 Å². The standard InChI is InChI=1S/C35H51NO4/c1-2-3-6-18-30(37)22-28(20-25-13-7-4-8-14-25)32(38)24-29(21-26-15-9-5-10-16-26)35(40)36-34-31-19-12-11-17-27(31)23-33(34)39/h5,9-12,15-17,19,25,28-30,32-34,37-39H,2-4,6-8,13-14,18,20-24H2,1H3,(H,36,40)/t28-,29-,30?,32+,33-,34+/m1/s1. The van der Waals surface area contributed by atoms with E-state index >= 15 is 0 Å². The third-order valence-electron chi connectivity index (χ3n) is 9.34. The first-order chi connectivity index (χ1) is 19.4. The van der Waals surface area contributed by atoms with Gasteiger partial charge in [-0.2, -0.15) is 0 Å². The van der Waals surface area contributed by atoms with E-state index in [1.807, 2.05) is 54.6 Å². The second-order valence-corrected chi connectivity index (χ2v) is 12.5. The number of aliphatic hydroxyl groups is 3. The lowest BCUT2D eigenvalue weighted by Gasteiger charge is -2.32. The number of hydrogen-bond donors (Lipinski definition) is 4. The van der Waals surface area contributed by atoms with Crippen LogP contribution in [-0.4, -0.2) is 39.5 Å². The Hall–Kier alpha value is -2.21. The van der Waals surface area contributed by atoms with Crippen LogP contribution in [0.1, 0.15) is 107 Å². The summed E-state index contributed by atoms with van der Waals surface area (Å²) in [7, 11) is 0. The third kappa shape index (κ3) is 8.89. The second-order valence-electron chi connectivity index (χ2n) is 12.5. The highest BCUT2D eigenvalue weighted by molar-refractivity contribution is 5.79. The first kappa shape index (κ1) is 30.7. The highest BCUT2D eigenvalue weighted by Crippen LogP contribution is 2.35. The number of amides is 1. The monoisotopic (exact) mass is 549 g/mol. The summed E-state index contributed by atoms with van der Waals surface area (Å²) >= 11 is 0.